The zero-order chi connectivity index (χ0) is 24.7. The van der Waals surface area contributed by atoms with E-state index < -0.39 is 41.6 Å². The van der Waals surface area contributed by atoms with Crippen LogP contribution in [0.15, 0.2) is 48.5 Å². The van der Waals surface area contributed by atoms with Gasteiger partial charge < -0.3 is 14.8 Å². The number of nitrogens with zero attached hydrogens (tertiary/aromatic N) is 1. The molecule has 2 heterocycles. The van der Waals surface area contributed by atoms with E-state index in [0.717, 1.165) is 24.1 Å². The molecule has 2 aliphatic heterocycles. The molecular weight excluding hydrogens is 468 g/mol. The van der Waals surface area contributed by atoms with Crippen LogP contribution in [0.2, 0.25) is 0 Å². The largest absolute Gasteiger partial charge is 0.445 e. The van der Waals surface area contributed by atoms with Crippen LogP contribution in [0.4, 0.5) is 22.4 Å². The first kappa shape index (κ1) is 23.6. The Balaban J connectivity index is 1.30. The monoisotopic (exact) mass is 492 g/mol. The third kappa shape index (κ3) is 4.84. The molecule has 5 rings (SSSR count). The number of hydrogen-bond acceptors (Lipinski definition) is 4. The molecule has 6 nitrogen and oxygen atoms in total. The van der Waals surface area contributed by atoms with Crippen LogP contribution in [-0.2, 0) is 27.1 Å². The Morgan fingerprint density at radius 1 is 1.11 bits per heavy atom. The van der Waals surface area contributed by atoms with Crippen molar-refractivity contribution in [3.05, 3.63) is 71.0 Å². The molecule has 0 spiro atoms. The van der Waals surface area contributed by atoms with Gasteiger partial charge in [0, 0.05) is 17.5 Å². The topological polar surface area (TPSA) is 67.9 Å². The maximum Gasteiger partial charge on any atom is 0.416 e. The number of halogens is 4. The van der Waals surface area contributed by atoms with Crippen LogP contribution in [0.5, 0.6) is 0 Å². The lowest BCUT2D eigenvalue weighted by molar-refractivity contribution is -0.138. The average molecular weight is 492 g/mol. The SMILES string of the molecule is O=C(N[C@@H](c1ccc(C(F)(F)F)cc1F)C1COC1)[C@H]1C[C@H]2C[C@H]2N1C(=O)OCc1ccccc1. The molecule has 2 aromatic carbocycles. The standard InChI is InChI=1S/C25H24F4N2O4/c26-19-10-17(25(27,28)29)6-7-18(19)22(16-12-34-13-16)30-23(32)21-9-15-8-20(15)31(21)24(33)35-11-14-4-2-1-3-5-14/h1-7,10,15-16,20-22H,8-9,11-13H2,(H,30,32)/t15-,20-,21-,22-/m1/s1. The van der Waals surface area contributed by atoms with E-state index in [-0.39, 0.29) is 43.3 Å². The highest BCUT2D eigenvalue weighted by Gasteiger charge is 2.57. The fraction of sp³-hybridized carbons (Fsp3) is 0.440. The number of fused-ring (bicyclic) bond motifs is 1. The van der Waals surface area contributed by atoms with Crippen LogP contribution >= 0.6 is 0 Å². The van der Waals surface area contributed by atoms with E-state index in [2.05, 4.69) is 5.32 Å². The van der Waals surface area contributed by atoms with Crippen LogP contribution in [0.3, 0.4) is 0 Å². The summed E-state index contributed by atoms with van der Waals surface area (Å²) in [6, 6.07) is 9.71. The maximum atomic E-state index is 14.7. The van der Waals surface area contributed by atoms with Crippen LogP contribution < -0.4 is 5.32 Å². The van der Waals surface area contributed by atoms with Gasteiger partial charge in [0.25, 0.3) is 0 Å². The zero-order valence-electron chi connectivity index (χ0n) is 18.6. The summed E-state index contributed by atoms with van der Waals surface area (Å²) in [4.78, 5) is 27.6. The van der Waals surface area contributed by atoms with Gasteiger partial charge in [-0.25, -0.2) is 9.18 Å². The van der Waals surface area contributed by atoms with E-state index in [4.69, 9.17) is 9.47 Å². The van der Waals surface area contributed by atoms with Gasteiger partial charge in [-0.05, 0) is 36.5 Å². The highest BCUT2D eigenvalue weighted by Crippen LogP contribution is 2.48. The molecule has 0 bridgehead atoms. The third-order valence-electron chi connectivity index (χ3n) is 6.92. The van der Waals surface area contributed by atoms with Gasteiger partial charge in [0.15, 0.2) is 0 Å². The van der Waals surface area contributed by atoms with Crippen molar-refractivity contribution >= 4 is 12.0 Å². The normalized spacial score (nSPS) is 24.3. The van der Waals surface area contributed by atoms with Gasteiger partial charge in [-0.2, -0.15) is 13.2 Å². The molecule has 186 valence electrons. The smallest absolute Gasteiger partial charge is 0.416 e. The summed E-state index contributed by atoms with van der Waals surface area (Å²) in [6.45, 7) is 0.551. The van der Waals surface area contributed by atoms with E-state index in [1.807, 2.05) is 30.3 Å². The molecule has 0 radical (unpaired) electrons. The highest BCUT2D eigenvalue weighted by molar-refractivity contribution is 5.87. The number of ether oxygens (including phenoxy) is 2. The Bertz CT molecular complexity index is 1110. The number of rotatable bonds is 6. The minimum atomic E-state index is -4.68. The van der Waals surface area contributed by atoms with E-state index in [9.17, 15) is 27.2 Å². The molecule has 3 aliphatic rings. The molecule has 35 heavy (non-hydrogen) atoms. The number of carbonyl (C=O) groups is 2. The van der Waals surface area contributed by atoms with Crippen molar-refractivity contribution < 1.29 is 36.6 Å². The van der Waals surface area contributed by atoms with Crippen LogP contribution in [-0.4, -0.2) is 42.2 Å². The predicted molar refractivity (Wildman–Crippen MR) is 115 cm³/mol. The number of hydrogen-bond donors (Lipinski definition) is 1. The van der Waals surface area contributed by atoms with Crippen molar-refractivity contribution in [2.24, 2.45) is 11.8 Å². The third-order valence-corrected chi connectivity index (χ3v) is 6.92. The van der Waals surface area contributed by atoms with Gasteiger partial charge in [-0.3, -0.25) is 9.69 Å². The van der Waals surface area contributed by atoms with E-state index in [0.29, 0.717) is 12.5 Å². The number of alkyl halides is 3. The average Bonchev–Trinajstić information content (AvgIpc) is 3.45. The van der Waals surface area contributed by atoms with Crippen LogP contribution in [0, 0.1) is 17.7 Å². The fourth-order valence-corrected chi connectivity index (χ4v) is 4.85. The Labute approximate surface area is 199 Å². The number of benzene rings is 2. The maximum absolute atomic E-state index is 14.7. The van der Waals surface area contributed by atoms with E-state index in [1.165, 1.54) is 4.90 Å². The summed E-state index contributed by atoms with van der Waals surface area (Å²) in [7, 11) is 0. The first-order valence-corrected chi connectivity index (χ1v) is 11.5. The Morgan fingerprint density at radius 2 is 1.86 bits per heavy atom. The van der Waals surface area contributed by atoms with Crippen molar-refractivity contribution in [3.8, 4) is 0 Å². The second-order valence-corrected chi connectivity index (χ2v) is 9.28. The summed E-state index contributed by atoms with van der Waals surface area (Å²) in [6.07, 6.45) is -4.02. The van der Waals surface area contributed by atoms with Crippen molar-refractivity contribution in [1.82, 2.24) is 10.2 Å². The molecule has 0 unspecified atom stereocenters. The van der Waals surface area contributed by atoms with Crippen LogP contribution in [0.25, 0.3) is 0 Å². The molecule has 2 saturated heterocycles. The summed E-state index contributed by atoms with van der Waals surface area (Å²) in [5.41, 5.74) is -0.325. The van der Waals surface area contributed by atoms with Gasteiger partial charge in [-0.15, -0.1) is 0 Å². The molecule has 10 heteroatoms. The summed E-state index contributed by atoms with van der Waals surface area (Å²) >= 11 is 0. The molecule has 1 aliphatic carbocycles. The lowest BCUT2D eigenvalue weighted by Crippen LogP contribution is -2.51. The fourth-order valence-electron chi connectivity index (χ4n) is 4.85. The van der Waals surface area contributed by atoms with Crippen LogP contribution in [0.1, 0.15) is 35.6 Å². The van der Waals surface area contributed by atoms with Gasteiger partial charge >= 0.3 is 12.3 Å². The highest BCUT2D eigenvalue weighted by atomic mass is 19.4. The zero-order valence-corrected chi connectivity index (χ0v) is 18.6. The number of piperidine rings is 1. The Kier molecular flexibility index (Phi) is 6.16. The molecule has 1 N–H and O–H groups in total. The number of carbonyl (C=O) groups excluding carboxylic acids is 2. The molecule has 0 aromatic heterocycles. The molecular formula is C25H24F4N2O4. The lowest BCUT2D eigenvalue weighted by Gasteiger charge is -2.36. The quantitative estimate of drug-likeness (QED) is 0.606. The Morgan fingerprint density at radius 3 is 2.49 bits per heavy atom. The number of amides is 2. The minimum Gasteiger partial charge on any atom is -0.445 e. The first-order chi connectivity index (χ1) is 16.7. The van der Waals surface area contributed by atoms with Gasteiger partial charge in [-0.1, -0.05) is 36.4 Å². The van der Waals surface area contributed by atoms with Crippen molar-refractivity contribution in [3.63, 3.8) is 0 Å². The van der Waals surface area contributed by atoms with E-state index >= 15 is 0 Å². The molecule has 4 atom stereocenters. The van der Waals surface area contributed by atoms with Gasteiger partial charge in [0.05, 0.1) is 24.8 Å². The Hall–Kier alpha value is -3.14. The summed E-state index contributed by atoms with van der Waals surface area (Å²) in [5, 5.41) is 2.79. The summed E-state index contributed by atoms with van der Waals surface area (Å²) < 4.78 is 64.3. The molecule has 3 fully saturated rings. The molecule has 2 aromatic rings. The predicted octanol–water partition coefficient (Wildman–Crippen LogP) is 4.45. The van der Waals surface area contributed by atoms with Crippen molar-refractivity contribution in [1.29, 1.82) is 0 Å². The second kappa shape index (κ2) is 9.14. The number of likely N-dealkylation sites (tertiary alicyclic amines) is 1. The van der Waals surface area contributed by atoms with Gasteiger partial charge in [0.1, 0.15) is 18.5 Å². The van der Waals surface area contributed by atoms with Crippen molar-refractivity contribution in [2.45, 2.75) is 43.8 Å². The van der Waals surface area contributed by atoms with Crippen molar-refractivity contribution in [2.75, 3.05) is 13.2 Å². The molecule has 2 amide bonds. The number of nitrogens with one attached hydrogen (secondary N) is 1. The lowest BCUT2D eigenvalue weighted by atomic mass is 9.90. The second-order valence-electron chi connectivity index (χ2n) is 9.28. The van der Waals surface area contributed by atoms with Gasteiger partial charge in [0.2, 0.25) is 5.91 Å². The molecule has 1 saturated carbocycles. The first-order valence-electron chi connectivity index (χ1n) is 11.5. The van der Waals surface area contributed by atoms with E-state index in [1.54, 1.807) is 0 Å². The summed E-state index contributed by atoms with van der Waals surface area (Å²) in [5.74, 6) is -1.63. The minimum absolute atomic E-state index is 0.0407.